The lowest BCUT2D eigenvalue weighted by Gasteiger charge is -2.15. The van der Waals surface area contributed by atoms with Crippen molar-refractivity contribution in [3.8, 4) is 22.1 Å². The smallest absolute Gasteiger partial charge is 0.306 e. The van der Waals surface area contributed by atoms with Gasteiger partial charge in [-0.1, -0.05) is 30.6 Å². The summed E-state index contributed by atoms with van der Waals surface area (Å²) < 4.78 is 36.2. The molecule has 200 valence electrons. The molecule has 2 heterocycles. The van der Waals surface area contributed by atoms with E-state index in [0.717, 1.165) is 34.0 Å². The van der Waals surface area contributed by atoms with E-state index in [2.05, 4.69) is 17.1 Å². The molecule has 7 nitrogen and oxygen atoms in total. The quantitative estimate of drug-likeness (QED) is 0.133. The summed E-state index contributed by atoms with van der Waals surface area (Å²) in [5.74, 6) is -0.0302. The van der Waals surface area contributed by atoms with Gasteiger partial charge in [-0.25, -0.2) is 9.37 Å². The first kappa shape index (κ1) is 27.3. The van der Waals surface area contributed by atoms with Gasteiger partial charge in [0.1, 0.15) is 23.6 Å². The maximum absolute atomic E-state index is 14.5. The number of ether oxygens (including phenoxy) is 3. The lowest BCUT2D eigenvalue weighted by atomic mass is 9.92. The molecule has 0 aliphatic heterocycles. The highest BCUT2D eigenvalue weighted by Gasteiger charge is 2.22. The number of benzene rings is 2. The Bertz CT molecular complexity index is 1320. The minimum atomic E-state index is -0.392. The van der Waals surface area contributed by atoms with Crippen LogP contribution in [0.4, 0.5) is 4.39 Å². The van der Waals surface area contributed by atoms with E-state index >= 15 is 0 Å². The van der Waals surface area contributed by atoms with Gasteiger partial charge >= 0.3 is 5.97 Å². The Hall–Kier alpha value is -3.72. The predicted octanol–water partition coefficient (Wildman–Crippen LogP) is 7.09. The van der Waals surface area contributed by atoms with E-state index in [9.17, 15) is 9.18 Å². The highest BCUT2D eigenvalue weighted by molar-refractivity contribution is 7.15. The second-order valence-corrected chi connectivity index (χ2v) is 9.80. The predicted molar refractivity (Wildman–Crippen MR) is 143 cm³/mol. The van der Waals surface area contributed by atoms with E-state index < -0.39 is 5.82 Å². The van der Waals surface area contributed by atoms with Crippen LogP contribution >= 0.6 is 11.3 Å². The van der Waals surface area contributed by atoms with E-state index in [1.165, 1.54) is 23.7 Å². The van der Waals surface area contributed by atoms with Gasteiger partial charge in [0.25, 0.3) is 0 Å². The first-order valence-corrected chi connectivity index (χ1v) is 13.5. The fraction of sp³-hybridized carbons (Fsp3) is 0.345. The second-order valence-electron chi connectivity index (χ2n) is 8.72. The average Bonchev–Trinajstić information content (AvgIpc) is 3.58. The second kappa shape index (κ2) is 13.2. The summed E-state index contributed by atoms with van der Waals surface area (Å²) in [6.07, 6.45) is 3.52. The molecule has 2 aromatic carbocycles. The number of aromatic nitrogens is 2. The van der Waals surface area contributed by atoms with Gasteiger partial charge < -0.3 is 18.7 Å². The van der Waals surface area contributed by atoms with Crippen molar-refractivity contribution < 1.29 is 27.9 Å². The summed E-state index contributed by atoms with van der Waals surface area (Å²) in [5, 5.41) is 4.75. The molecule has 0 bridgehead atoms. The largest absolute Gasteiger partial charge is 0.491 e. The zero-order chi connectivity index (χ0) is 26.9. The highest BCUT2D eigenvalue weighted by Crippen LogP contribution is 2.32. The lowest BCUT2D eigenvalue weighted by molar-refractivity contribution is -0.143. The van der Waals surface area contributed by atoms with E-state index in [0.29, 0.717) is 36.8 Å². The molecule has 4 aromatic rings. The summed E-state index contributed by atoms with van der Waals surface area (Å²) in [7, 11) is 0. The van der Waals surface area contributed by atoms with Gasteiger partial charge in [-0.2, -0.15) is 0 Å². The lowest BCUT2D eigenvalue weighted by Crippen LogP contribution is -2.12. The summed E-state index contributed by atoms with van der Waals surface area (Å²) in [4.78, 5) is 17.7. The number of hydrogen-bond donors (Lipinski definition) is 0. The third kappa shape index (κ3) is 6.98. The van der Waals surface area contributed by atoms with Crippen molar-refractivity contribution in [1.82, 2.24) is 10.1 Å². The molecule has 38 heavy (non-hydrogen) atoms. The van der Waals surface area contributed by atoms with Gasteiger partial charge in [0.05, 0.1) is 35.9 Å². The van der Waals surface area contributed by atoms with Crippen LogP contribution in [0.3, 0.4) is 0 Å². The van der Waals surface area contributed by atoms with Gasteiger partial charge in [0.2, 0.25) is 0 Å². The molecule has 0 spiro atoms. The number of thiazole rings is 1. The molecule has 0 fully saturated rings. The molecule has 0 saturated carbocycles. The third-order valence-electron chi connectivity index (χ3n) is 5.97. The molecule has 0 radical (unpaired) electrons. The van der Waals surface area contributed by atoms with Crippen LogP contribution in [0.15, 0.2) is 59.3 Å². The Morgan fingerprint density at radius 3 is 2.61 bits per heavy atom. The van der Waals surface area contributed by atoms with Crippen LogP contribution in [-0.2, 0) is 16.1 Å². The van der Waals surface area contributed by atoms with Gasteiger partial charge in [-0.05, 0) is 56.2 Å². The number of carbonyl (C=O) groups excluding carboxylic acids is 1. The topological polar surface area (TPSA) is 83.7 Å². The molecule has 0 saturated heterocycles. The molecule has 1 atom stereocenters. The van der Waals surface area contributed by atoms with E-state index in [4.69, 9.17) is 18.7 Å². The number of rotatable bonds is 13. The van der Waals surface area contributed by atoms with Crippen LogP contribution in [0.1, 0.15) is 60.9 Å². The average molecular weight is 539 g/mol. The normalized spacial score (nSPS) is 11.8. The van der Waals surface area contributed by atoms with Crippen LogP contribution in [0.2, 0.25) is 0 Å². The number of unbranched alkanes of at least 4 members (excludes halogenated alkanes) is 1. The Labute approximate surface area is 225 Å². The Morgan fingerprint density at radius 2 is 1.92 bits per heavy atom. The number of hydrogen-bond acceptors (Lipinski definition) is 8. The summed E-state index contributed by atoms with van der Waals surface area (Å²) in [6.45, 7) is 6.91. The molecule has 0 aliphatic rings. The summed E-state index contributed by atoms with van der Waals surface area (Å²) in [6, 6.07) is 14.2. The SMILES string of the molecule is CCCCOc1ccc(-c2nc(C)c(COc3ccc([C@H](CC(=O)OCC)c4ccon4)cc3)s2)cc1F. The van der Waals surface area contributed by atoms with Crippen LogP contribution in [0.5, 0.6) is 11.5 Å². The first-order chi connectivity index (χ1) is 18.5. The molecular formula is C29H31FN2O5S. The van der Waals surface area contributed by atoms with Crippen LogP contribution in [0, 0.1) is 12.7 Å². The molecule has 4 rings (SSSR count). The van der Waals surface area contributed by atoms with Crippen molar-refractivity contribution in [3.63, 3.8) is 0 Å². The van der Waals surface area contributed by atoms with Crippen molar-refractivity contribution in [2.24, 2.45) is 0 Å². The highest BCUT2D eigenvalue weighted by atomic mass is 32.1. The van der Waals surface area contributed by atoms with Crippen LogP contribution < -0.4 is 9.47 Å². The maximum atomic E-state index is 14.5. The van der Waals surface area contributed by atoms with Crippen molar-refractivity contribution in [1.29, 1.82) is 0 Å². The maximum Gasteiger partial charge on any atom is 0.306 e. The number of carbonyl (C=O) groups is 1. The van der Waals surface area contributed by atoms with E-state index in [1.54, 1.807) is 19.1 Å². The summed E-state index contributed by atoms with van der Waals surface area (Å²) >= 11 is 1.47. The van der Waals surface area contributed by atoms with Gasteiger partial charge in [-0.3, -0.25) is 4.79 Å². The van der Waals surface area contributed by atoms with Gasteiger partial charge in [-0.15, -0.1) is 11.3 Å². The number of aryl methyl sites for hydroxylation is 1. The summed E-state index contributed by atoms with van der Waals surface area (Å²) in [5.41, 5.74) is 3.11. The number of nitrogens with zero attached hydrogens (tertiary/aromatic N) is 2. The molecule has 9 heteroatoms. The Morgan fingerprint density at radius 1 is 1.11 bits per heavy atom. The molecule has 0 unspecified atom stereocenters. The van der Waals surface area contributed by atoms with Gasteiger partial charge in [0, 0.05) is 17.5 Å². The van der Waals surface area contributed by atoms with Crippen LogP contribution in [-0.4, -0.2) is 29.3 Å². The Kier molecular flexibility index (Phi) is 9.48. The van der Waals surface area contributed by atoms with Crippen molar-refractivity contribution in [2.45, 2.75) is 52.6 Å². The van der Waals surface area contributed by atoms with Crippen LogP contribution in [0.25, 0.3) is 10.6 Å². The molecular weight excluding hydrogens is 507 g/mol. The molecule has 0 aliphatic carbocycles. The molecule has 2 aromatic heterocycles. The molecule has 0 N–H and O–H groups in total. The zero-order valence-electron chi connectivity index (χ0n) is 21.7. The minimum Gasteiger partial charge on any atom is -0.491 e. The van der Waals surface area contributed by atoms with Crippen molar-refractivity contribution in [2.75, 3.05) is 13.2 Å². The van der Waals surface area contributed by atoms with E-state index in [1.807, 2.05) is 37.3 Å². The van der Waals surface area contributed by atoms with Crippen molar-refractivity contribution >= 4 is 17.3 Å². The zero-order valence-corrected chi connectivity index (χ0v) is 22.6. The number of halogens is 1. The van der Waals surface area contributed by atoms with Crippen molar-refractivity contribution in [3.05, 3.63) is 82.4 Å². The fourth-order valence-corrected chi connectivity index (χ4v) is 4.86. The van der Waals surface area contributed by atoms with Gasteiger partial charge in [0.15, 0.2) is 11.6 Å². The minimum absolute atomic E-state index is 0.163. The standard InChI is InChI=1S/C29H31FN2O5S/c1-4-6-14-35-26-12-9-21(16-24(26)30)29-31-19(3)27(38-29)18-36-22-10-7-20(8-11-22)23(17-28(33)34-5-2)25-13-15-37-32-25/h7-13,15-16,23H,4-6,14,17-18H2,1-3H3/t23-/m0/s1. The first-order valence-electron chi connectivity index (χ1n) is 12.7. The molecule has 0 amide bonds. The fourth-order valence-electron chi connectivity index (χ4n) is 3.89. The van der Waals surface area contributed by atoms with E-state index in [-0.39, 0.29) is 24.1 Å². The Balaban J connectivity index is 1.41. The number of esters is 1. The monoisotopic (exact) mass is 538 g/mol. The third-order valence-corrected chi connectivity index (χ3v) is 7.15.